The summed E-state index contributed by atoms with van der Waals surface area (Å²) in [5.41, 5.74) is 9.96. The van der Waals surface area contributed by atoms with E-state index in [1.54, 1.807) is 6.92 Å². The average Bonchev–Trinajstić information content (AvgIpc) is 3.89. The van der Waals surface area contributed by atoms with Crippen molar-refractivity contribution < 1.29 is 9.53 Å². The predicted molar refractivity (Wildman–Crippen MR) is 182 cm³/mol. The van der Waals surface area contributed by atoms with Crippen LogP contribution in [0.4, 0.5) is 0 Å². The fourth-order valence-corrected chi connectivity index (χ4v) is 6.23. The molecule has 0 aliphatic carbocycles. The Morgan fingerprint density at radius 3 is 1.62 bits per heavy atom. The zero-order valence-corrected chi connectivity index (χ0v) is 25.8. The number of nitrogens with zero attached hydrogens (tertiary/aromatic N) is 3. The van der Waals surface area contributed by atoms with Crippen molar-refractivity contribution in [1.82, 2.24) is 19.9 Å². The summed E-state index contributed by atoms with van der Waals surface area (Å²) in [4.78, 5) is 30.4. The first-order valence-electron chi connectivity index (χ1n) is 14.5. The van der Waals surface area contributed by atoms with Crippen LogP contribution in [0.25, 0.3) is 68.6 Å². The standard InChI is InChI=1S/C37H26BrN5O2/c1-2-45-37(44)24(21-39)35-29-15-13-25(40-29)33(22-9-5-3-6-10-22)27-17-19-31(42-27)36(38)32-20-18-28(43-32)34(23-11-7-4-8-12-23)26-14-16-30(35)41-26/h3-20,24,42-43H,2H2,1H3. The lowest BCUT2D eigenvalue weighted by Crippen LogP contribution is -2.16. The third-order valence-corrected chi connectivity index (χ3v) is 8.65. The minimum Gasteiger partial charge on any atom is -0.465 e. The van der Waals surface area contributed by atoms with Crippen LogP contribution >= 0.6 is 15.9 Å². The van der Waals surface area contributed by atoms with E-state index in [-0.39, 0.29) is 6.61 Å². The zero-order chi connectivity index (χ0) is 30.9. The molecule has 2 aliphatic heterocycles. The first kappa shape index (κ1) is 28.3. The number of benzene rings is 2. The maximum Gasteiger partial charge on any atom is 0.328 e. The third kappa shape index (κ3) is 5.17. The van der Waals surface area contributed by atoms with Gasteiger partial charge in [-0.1, -0.05) is 60.7 Å². The van der Waals surface area contributed by atoms with Gasteiger partial charge in [0.05, 0.1) is 51.0 Å². The quantitative estimate of drug-likeness (QED) is 0.181. The fraction of sp³-hybridized carbons (Fsp3) is 0.0811. The number of carbonyl (C=O) groups is 1. The van der Waals surface area contributed by atoms with E-state index >= 15 is 0 Å². The van der Waals surface area contributed by atoms with Crippen LogP contribution in [0.15, 0.2) is 89.4 Å². The number of aromatic amines is 2. The van der Waals surface area contributed by atoms with Crippen LogP contribution in [0.1, 0.15) is 41.2 Å². The monoisotopic (exact) mass is 651 g/mol. The van der Waals surface area contributed by atoms with Gasteiger partial charge in [-0.2, -0.15) is 5.26 Å². The van der Waals surface area contributed by atoms with Crippen molar-refractivity contribution >= 4 is 68.3 Å². The first-order chi connectivity index (χ1) is 22.1. The molecule has 8 bridgehead atoms. The average molecular weight is 653 g/mol. The second kappa shape index (κ2) is 11.9. The fourth-order valence-electron chi connectivity index (χ4n) is 5.77. The number of halogens is 1. The van der Waals surface area contributed by atoms with Gasteiger partial charge in [0.1, 0.15) is 0 Å². The van der Waals surface area contributed by atoms with E-state index in [9.17, 15) is 10.1 Å². The molecule has 8 heteroatoms. The van der Waals surface area contributed by atoms with E-state index in [4.69, 9.17) is 14.7 Å². The van der Waals surface area contributed by atoms with Gasteiger partial charge in [-0.3, -0.25) is 4.79 Å². The van der Waals surface area contributed by atoms with Crippen LogP contribution in [-0.4, -0.2) is 32.5 Å². The highest BCUT2D eigenvalue weighted by molar-refractivity contribution is 9.10. The van der Waals surface area contributed by atoms with Crippen molar-refractivity contribution in [2.45, 2.75) is 12.8 Å². The molecule has 7 nitrogen and oxygen atoms in total. The van der Waals surface area contributed by atoms with E-state index < -0.39 is 11.9 Å². The number of hydrogen-bond acceptors (Lipinski definition) is 5. The molecule has 1 atom stereocenters. The molecular formula is C37H26BrN5O2. The molecule has 1 unspecified atom stereocenters. The molecule has 0 radical (unpaired) electrons. The molecule has 0 saturated heterocycles. The summed E-state index contributed by atoms with van der Waals surface area (Å²) in [5.74, 6) is -1.86. The molecule has 0 spiro atoms. The van der Waals surface area contributed by atoms with Crippen molar-refractivity contribution in [2.24, 2.45) is 0 Å². The van der Waals surface area contributed by atoms with E-state index in [0.29, 0.717) is 28.3 Å². The Balaban J connectivity index is 1.66. The lowest BCUT2D eigenvalue weighted by Gasteiger charge is -2.11. The Kier molecular flexibility index (Phi) is 7.46. The summed E-state index contributed by atoms with van der Waals surface area (Å²) < 4.78 is 6.22. The maximum atomic E-state index is 13.2. The Morgan fingerprint density at radius 1 is 0.733 bits per heavy atom. The number of rotatable bonds is 5. The summed E-state index contributed by atoms with van der Waals surface area (Å²) in [6, 6.07) is 30.3. The second-order valence-corrected chi connectivity index (χ2v) is 11.3. The molecule has 5 heterocycles. The summed E-state index contributed by atoms with van der Waals surface area (Å²) >= 11 is 3.83. The summed E-state index contributed by atoms with van der Waals surface area (Å²) in [7, 11) is 0. The third-order valence-electron chi connectivity index (χ3n) is 7.79. The molecule has 0 fully saturated rings. The van der Waals surface area contributed by atoms with Gasteiger partial charge in [0.2, 0.25) is 0 Å². The Labute approximate surface area is 267 Å². The Morgan fingerprint density at radius 2 is 1.18 bits per heavy atom. The molecule has 0 amide bonds. The summed E-state index contributed by atoms with van der Waals surface area (Å²) in [6.07, 6.45) is 7.51. The number of fused-ring (bicyclic) bond motifs is 8. The molecule has 2 N–H and O–H groups in total. The van der Waals surface area contributed by atoms with Crippen LogP contribution in [0, 0.1) is 11.3 Å². The van der Waals surface area contributed by atoms with Gasteiger partial charge in [0, 0.05) is 27.7 Å². The van der Waals surface area contributed by atoms with Gasteiger partial charge >= 0.3 is 5.97 Å². The minimum absolute atomic E-state index is 0.151. The topological polar surface area (TPSA) is 107 Å². The van der Waals surface area contributed by atoms with Gasteiger partial charge < -0.3 is 14.7 Å². The van der Waals surface area contributed by atoms with Gasteiger partial charge in [0.15, 0.2) is 5.92 Å². The van der Waals surface area contributed by atoms with Gasteiger partial charge in [-0.05, 0) is 82.6 Å². The van der Waals surface area contributed by atoms with Crippen molar-refractivity contribution in [2.75, 3.05) is 6.61 Å². The van der Waals surface area contributed by atoms with Gasteiger partial charge in [0.25, 0.3) is 0 Å². The van der Waals surface area contributed by atoms with Crippen LogP contribution in [-0.2, 0) is 9.53 Å². The van der Waals surface area contributed by atoms with E-state index in [0.717, 1.165) is 48.8 Å². The first-order valence-corrected chi connectivity index (χ1v) is 15.3. The molecule has 2 aromatic carbocycles. The number of nitrogens with one attached hydrogen (secondary N) is 2. The highest BCUT2D eigenvalue weighted by Crippen LogP contribution is 2.36. The molecule has 0 saturated carbocycles. The van der Waals surface area contributed by atoms with Crippen LogP contribution < -0.4 is 0 Å². The molecule has 7 rings (SSSR count). The summed E-state index contributed by atoms with van der Waals surface area (Å²) in [5, 5.41) is 10.3. The maximum absolute atomic E-state index is 13.2. The minimum atomic E-state index is -1.23. The van der Waals surface area contributed by atoms with E-state index in [1.807, 2.05) is 109 Å². The van der Waals surface area contributed by atoms with Crippen molar-refractivity contribution in [3.8, 4) is 28.3 Å². The number of H-pyrrole nitrogens is 2. The number of ether oxygens (including phenoxy) is 1. The van der Waals surface area contributed by atoms with Crippen LogP contribution in [0.5, 0.6) is 0 Å². The molecule has 5 aromatic rings. The Bertz CT molecular complexity index is 2090. The number of carbonyl (C=O) groups excluding carboxylic acids is 1. The Hall–Kier alpha value is -5.52. The van der Waals surface area contributed by atoms with Crippen molar-refractivity contribution in [3.05, 3.63) is 118 Å². The number of hydrogen-bond donors (Lipinski definition) is 2. The molecule has 45 heavy (non-hydrogen) atoms. The normalized spacial score (nSPS) is 12.6. The van der Waals surface area contributed by atoms with E-state index in [1.165, 1.54) is 0 Å². The number of aromatic nitrogens is 4. The van der Waals surface area contributed by atoms with Gasteiger partial charge in [-0.15, -0.1) is 0 Å². The molecular weight excluding hydrogens is 626 g/mol. The largest absolute Gasteiger partial charge is 0.465 e. The zero-order valence-electron chi connectivity index (χ0n) is 24.2. The molecule has 2 aliphatic rings. The SMILES string of the molecule is CCOC(=O)C(C#N)c1c2nc(c(-c3ccccc3)c3ccc([nH]3)c(Br)c3ccc([nH]3)c(-c3ccccc3)c3nc1C=C3)C=C2. The molecule has 218 valence electrons. The lowest BCUT2D eigenvalue weighted by atomic mass is 9.97. The highest BCUT2D eigenvalue weighted by Gasteiger charge is 2.29. The van der Waals surface area contributed by atoms with Crippen LogP contribution in [0.3, 0.4) is 0 Å². The summed E-state index contributed by atoms with van der Waals surface area (Å²) in [6.45, 7) is 1.87. The van der Waals surface area contributed by atoms with Crippen molar-refractivity contribution in [3.63, 3.8) is 0 Å². The smallest absolute Gasteiger partial charge is 0.328 e. The predicted octanol–water partition coefficient (Wildman–Crippen LogP) is 8.92. The van der Waals surface area contributed by atoms with E-state index in [2.05, 4.69) is 32.0 Å². The van der Waals surface area contributed by atoms with Crippen molar-refractivity contribution in [1.29, 1.82) is 5.26 Å². The highest BCUT2D eigenvalue weighted by atomic mass is 79.9. The number of nitriles is 1. The van der Waals surface area contributed by atoms with Crippen LogP contribution in [0.2, 0.25) is 0 Å². The second-order valence-electron chi connectivity index (χ2n) is 10.5. The molecule has 3 aromatic heterocycles. The lowest BCUT2D eigenvalue weighted by molar-refractivity contribution is -0.143. The number of esters is 1. The van der Waals surface area contributed by atoms with Gasteiger partial charge in [-0.25, -0.2) is 9.97 Å².